The summed E-state index contributed by atoms with van der Waals surface area (Å²) < 4.78 is 1.58. The van der Waals surface area contributed by atoms with Crippen LogP contribution in [0, 0.1) is 0 Å². The number of carboxylic acid groups (broad SMARTS) is 1. The Morgan fingerprint density at radius 3 is 2.80 bits per heavy atom. The van der Waals surface area contributed by atoms with Gasteiger partial charge in [-0.05, 0) is 28.5 Å². The van der Waals surface area contributed by atoms with E-state index in [1.54, 1.807) is 0 Å². The molecule has 0 aliphatic rings. The summed E-state index contributed by atoms with van der Waals surface area (Å²) in [7, 11) is 0. The Labute approximate surface area is 106 Å². The summed E-state index contributed by atoms with van der Waals surface area (Å²) in [6.45, 7) is 3.33. The highest BCUT2D eigenvalue weighted by atomic mass is 79.9. The third-order valence-corrected chi connectivity index (χ3v) is 4.34. The van der Waals surface area contributed by atoms with Gasteiger partial charge in [-0.3, -0.25) is 9.69 Å². The van der Waals surface area contributed by atoms with Crippen molar-refractivity contribution in [1.29, 1.82) is 0 Å². The largest absolute Gasteiger partial charge is 0.480 e. The van der Waals surface area contributed by atoms with Gasteiger partial charge in [0.15, 0.2) is 0 Å². The maximum Gasteiger partial charge on any atom is 0.317 e. The maximum atomic E-state index is 10.6. The SMILES string of the molecule is CCN(CC(=O)O)Cc1cc(Br)c(Cl)s1. The van der Waals surface area contributed by atoms with E-state index in [1.807, 2.05) is 17.9 Å². The molecule has 0 atom stereocenters. The van der Waals surface area contributed by atoms with Gasteiger partial charge in [0.25, 0.3) is 0 Å². The van der Waals surface area contributed by atoms with Crippen LogP contribution < -0.4 is 0 Å². The molecule has 1 heterocycles. The molecular weight excluding hydrogens is 302 g/mol. The van der Waals surface area contributed by atoms with E-state index in [2.05, 4.69) is 15.9 Å². The molecule has 0 radical (unpaired) electrons. The van der Waals surface area contributed by atoms with Crippen molar-refractivity contribution in [3.8, 4) is 0 Å². The van der Waals surface area contributed by atoms with Gasteiger partial charge < -0.3 is 5.11 Å². The monoisotopic (exact) mass is 311 g/mol. The van der Waals surface area contributed by atoms with Crippen molar-refractivity contribution in [2.45, 2.75) is 13.5 Å². The van der Waals surface area contributed by atoms with Crippen LogP contribution >= 0.6 is 38.9 Å². The first kappa shape index (κ1) is 13.0. The maximum absolute atomic E-state index is 10.6. The van der Waals surface area contributed by atoms with Crippen LogP contribution in [-0.4, -0.2) is 29.1 Å². The standard InChI is InChI=1S/C9H11BrClNO2S/c1-2-12(5-8(13)14)4-6-3-7(10)9(11)15-6/h3H,2,4-5H2,1H3,(H,13,14). The van der Waals surface area contributed by atoms with Crippen molar-refractivity contribution in [2.75, 3.05) is 13.1 Å². The lowest BCUT2D eigenvalue weighted by Crippen LogP contribution is -2.28. The molecule has 1 rings (SSSR count). The van der Waals surface area contributed by atoms with Gasteiger partial charge in [0.1, 0.15) is 4.34 Å². The number of thiophene rings is 1. The lowest BCUT2D eigenvalue weighted by molar-refractivity contribution is -0.138. The number of carbonyl (C=O) groups is 1. The minimum Gasteiger partial charge on any atom is -0.480 e. The normalized spacial score (nSPS) is 10.9. The van der Waals surface area contributed by atoms with Gasteiger partial charge in [0.05, 0.1) is 6.54 Å². The Hall–Kier alpha value is -0.100. The number of halogens is 2. The summed E-state index contributed by atoms with van der Waals surface area (Å²) in [5.74, 6) is -0.807. The highest BCUT2D eigenvalue weighted by Gasteiger charge is 2.11. The summed E-state index contributed by atoms with van der Waals surface area (Å²) in [4.78, 5) is 13.5. The van der Waals surface area contributed by atoms with Crippen molar-refractivity contribution in [3.63, 3.8) is 0 Å². The molecule has 0 unspecified atom stereocenters. The van der Waals surface area contributed by atoms with Crippen molar-refractivity contribution >= 4 is 44.8 Å². The van der Waals surface area contributed by atoms with Crippen molar-refractivity contribution < 1.29 is 9.90 Å². The second kappa shape index (κ2) is 5.84. The lowest BCUT2D eigenvalue weighted by atomic mass is 10.4. The van der Waals surface area contributed by atoms with Gasteiger partial charge >= 0.3 is 5.97 Å². The smallest absolute Gasteiger partial charge is 0.317 e. The molecule has 84 valence electrons. The number of rotatable bonds is 5. The molecule has 0 aliphatic carbocycles. The highest BCUT2D eigenvalue weighted by molar-refractivity contribution is 9.10. The quantitative estimate of drug-likeness (QED) is 0.908. The highest BCUT2D eigenvalue weighted by Crippen LogP contribution is 2.32. The summed E-state index contributed by atoms with van der Waals surface area (Å²) in [6, 6.07) is 1.93. The topological polar surface area (TPSA) is 40.5 Å². The Kier molecular flexibility index (Phi) is 5.05. The summed E-state index contributed by atoms with van der Waals surface area (Å²) in [5, 5.41) is 8.68. The molecule has 0 saturated heterocycles. The van der Waals surface area contributed by atoms with Crippen molar-refractivity contribution in [3.05, 3.63) is 19.8 Å². The minimum absolute atomic E-state index is 0.0592. The van der Waals surface area contributed by atoms with E-state index in [1.165, 1.54) is 11.3 Å². The van der Waals surface area contributed by atoms with Crippen LogP contribution in [-0.2, 0) is 11.3 Å². The fourth-order valence-corrected chi connectivity index (χ4v) is 2.99. The van der Waals surface area contributed by atoms with Gasteiger partial charge in [-0.15, -0.1) is 11.3 Å². The predicted octanol–water partition coefficient (Wildman–Crippen LogP) is 3.07. The van der Waals surface area contributed by atoms with E-state index in [-0.39, 0.29) is 6.54 Å². The molecule has 0 aliphatic heterocycles. The van der Waals surface area contributed by atoms with E-state index >= 15 is 0 Å². The predicted molar refractivity (Wildman–Crippen MR) is 65.6 cm³/mol. The zero-order valence-corrected chi connectivity index (χ0v) is 11.3. The first-order chi connectivity index (χ1) is 7.02. The second-order valence-electron chi connectivity index (χ2n) is 3.03. The fraction of sp³-hybridized carbons (Fsp3) is 0.444. The molecule has 15 heavy (non-hydrogen) atoms. The van der Waals surface area contributed by atoms with Crippen LogP contribution in [0.15, 0.2) is 10.5 Å². The second-order valence-corrected chi connectivity index (χ2v) is 5.62. The van der Waals surface area contributed by atoms with Crippen LogP contribution in [0.2, 0.25) is 4.34 Å². The number of carboxylic acids is 1. The van der Waals surface area contributed by atoms with Crippen LogP contribution in [0.3, 0.4) is 0 Å². The van der Waals surface area contributed by atoms with E-state index in [9.17, 15) is 4.79 Å². The van der Waals surface area contributed by atoms with Crippen LogP contribution in [0.25, 0.3) is 0 Å². The van der Waals surface area contributed by atoms with Crippen molar-refractivity contribution in [2.24, 2.45) is 0 Å². The molecule has 1 aromatic rings. The third-order valence-electron chi connectivity index (χ3n) is 1.88. The molecule has 1 aromatic heterocycles. The van der Waals surface area contributed by atoms with E-state index in [4.69, 9.17) is 16.7 Å². The number of aliphatic carboxylic acids is 1. The molecule has 0 amide bonds. The zero-order valence-electron chi connectivity index (χ0n) is 8.17. The Morgan fingerprint density at radius 1 is 1.73 bits per heavy atom. The molecular formula is C9H11BrClNO2S. The average Bonchev–Trinajstić information content (AvgIpc) is 2.44. The molecule has 6 heteroatoms. The zero-order chi connectivity index (χ0) is 11.4. The molecule has 0 spiro atoms. The summed E-state index contributed by atoms with van der Waals surface area (Å²) in [5.41, 5.74) is 0. The van der Waals surface area contributed by atoms with Gasteiger partial charge in [-0.25, -0.2) is 0 Å². The molecule has 0 aromatic carbocycles. The molecule has 1 N–H and O–H groups in total. The Bertz CT molecular complexity index is 336. The number of likely N-dealkylation sites (N-methyl/N-ethyl adjacent to an activating group) is 1. The van der Waals surface area contributed by atoms with Crippen LogP contribution in [0.1, 0.15) is 11.8 Å². The van der Waals surface area contributed by atoms with E-state index in [0.29, 0.717) is 17.4 Å². The first-order valence-electron chi connectivity index (χ1n) is 4.40. The number of hydrogen-bond acceptors (Lipinski definition) is 3. The molecule has 0 saturated carbocycles. The Balaban J connectivity index is 2.62. The molecule has 0 fully saturated rings. The van der Waals surface area contributed by atoms with E-state index in [0.717, 1.165) is 9.35 Å². The third kappa shape index (κ3) is 4.10. The number of hydrogen-bond donors (Lipinski definition) is 1. The Morgan fingerprint density at radius 2 is 2.40 bits per heavy atom. The van der Waals surface area contributed by atoms with Gasteiger partial charge in [0, 0.05) is 15.9 Å². The minimum atomic E-state index is -0.807. The van der Waals surface area contributed by atoms with Crippen LogP contribution in [0.5, 0.6) is 0 Å². The summed E-state index contributed by atoms with van der Waals surface area (Å²) in [6.07, 6.45) is 0. The van der Waals surface area contributed by atoms with E-state index < -0.39 is 5.97 Å². The fourth-order valence-electron chi connectivity index (χ4n) is 1.16. The average molecular weight is 313 g/mol. The molecule has 0 bridgehead atoms. The molecule has 3 nitrogen and oxygen atoms in total. The van der Waals surface area contributed by atoms with Crippen LogP contribution in [0.4, 0.5) is 0 Å². The lowest BCUT2D eigenvalue weighted by Gasteiger charge is -2.16. The van der Waals surface area contributed by atoms with Gasteiger partial charge in [0.2, 0.25) is 0 Å². The summed E-state index contributed by atoms with van der Waals surface area (Å²) >= 11 is 10.7. The number of nitrogens with zero attached hydrogens (tertiary/aromatic N) is 1. The first-order valence-corrected chi connectivity index (χ1v) is 6.39. The van der Waals surface area contributed by atoms with Crippen molar-refractivity contribution in [1.82, 2.24) is 4.90 Å². The van der Waals surface area contributed by atoms with Gasteiger partial charge in [-0.2, -0.15) is 0 Å². The van der Waals surface area contributed by atoms with Gasteiger partial charge in [-0.1, -0.05) is 18.5 Å².